The highest BCUT2D eigenvalue weighted by Crippen LogP contribution is 2.34. The molecule has 0 spiro atoms. The van der Waals surface area contributed by atoms with Crippen molar-refractivity contribution in [2.75, 3.05) is 44.2 Å². The Balaban J connectivity index is 1.67. The van der Waals surface area contributed by atoms with Crippen LogP contribution in [0.5, 0.6) is 0 Å². The number of anilines is 1. The lowest BCUT2D eigenvalue weighted by molar-refractivity contribution is -0.137. The zero-order valence-corrected chi connectivity index (χ0v) is 17.4. The summed E-state index contributed by atoms with van der Waals surface area (Å²) in [7, 11) is -3.55. The Morgan fingerprint density at radius 3 is 2.14 bits per heavy atom. The summed E-state index contributed by atoms with van der Waals surface area (Å²) in [6.07, 6.45) is -2.75. The van der Waals surface area contributed by atoms with E-state index in [-0.39, 0.29) is 23.9 Å². The van der Waals surface area contributed by atoms with Gasteiger partial charge in [0.25, 0.3) is 10.2 Å². The van der Waals surface area contributed by atoms with E-state index in [1.54, 1.807) is 9.21 Å². The first-order valence-corrected chi connectivity index (χ1v) is 11.0. The zero-order valence-electron chi connectivity index (χ0n) is 15.8. The Bertz CT molecular complexity index is 803. The molecule has 3 heterocycles. The standard InChI is InChI=1S/C17H24ClF3N4O2S/c1-12-7-13(2)11-25(10-12)28(26,27)24-5-3-23(4-6-24)16-15(18)8-14(9-22-16)17(19,20)21/h8-9,12-13H,3-7,10-11H2,1-2H3/t12-,13+. The van der Waals surface area contributed by atoms with Crippen LogP contribution >= 0.6 is 11.6 Å². The third kappa shape index (κ3) is 4.55. The molecule has 0 bridgehead atoms. The van der Waals surface area contributed by atoms with Gasteiger partial charge in [-0.25, -0.2) is 4.98 Å². The van der Waals surface area contributed by atoms with Crippen molar-refractivity contribution in [3.8, 4) is 0 Å². The molecule has 1 aromatic heterocycles. The first kappa shape index (κ1) is 21.6. The van der Waals surface area contributed by atoms with Crippen LogP contribution in [-0.2, 0) is 16.4 Å². The Hall–Kier alpha value is -1.10. The van der Waals surface area contributed by atoms with Gasteiger partial charge in [0.05, 0.1) is 10.6 Å². The van der Waals surface area contributed by atoms with Gasteiger partial charge in [-0.3, -0.25) is 0 Å². The number of halogens is 4. The van der Waals surface area contributed by atoms with Crippen molar-refractivity contribution in [3.05, 3.63) is 22.8 Å². The van der Waals surface area contributed by atoms with Gasteiger partial charge >= 0.3 is 6.18 Å². The minimum Gasteiger partial charge on any atom is -0.353 e. The molecule has 0 amide bonds. The number of aromatic nitrogens is 1. The molecule has 158 valence electrons. The smallest absolute Gasteiger partial charge is 0.353 e. The Morgan fingerprint density at radius 2 is 1.64 bits per heavy atom. The van der Waals surface area contributed by atoms with Gasteiger partial charge in [-0.05, 0) is 24.3 Å². The molecule has 2 saturated heterocycles. The predicted octanol–water partition coefficient (Wildman–Crippen LogP) is 3.10. The van der Waals surface area contributed by atoms with E-state index in [0.29, 0.717) is 38.0 Å². The molecule has 2 atom stereocenters. The van der Waals surface area contributed by atoms with E-state index < -0.39 is 21.9 Å². The highest BCUT2D eigenvalue weighted by atomic mass is 35.5. The molecule has 0 unspecified atom stereocenters. The summed E-state index contributed by atoms with van der Waals surface area (Å²) in [6.45, 7) is 6.23. The number of piperidine rings is 1. The van der Waals surface area contributed by atoms with Gasteiger partial charge in [-0.15, -0.1) is 0 Å². The summed E-state index contributed by atoms with van der Waals surface area (Å²) in [5, 5.41) is -0.0928. The molecular weight excluding hydrogens is 417 g/mol. The summed E-state index contributed by atoms with van der Waals surface area (Å²) < 4.78 is 67.2. The molecule has 3 rings (SSSR count). The first-order valence-electron chi connectivity index (χ1n) is 9.21. The van der Waals surface area contributed by atoms with Crippen LogP contribution in [0.15, 0.2) is 12.3 Å². The molecule has 2 fully saturated rings. The molecule has 2 aliphatic heterocycles. The maximum atomic E-state index is 13.0. The molecule has 28 heavy (non-hydrogen) atoms. The van der Waals surface area contributed by atoms with E-state index in [1.807, 2.05) is 13.8 Å². The van der Waals surface area contributed by atoms with Gasteiger partial charge in [-0.2, -0.15) is 30.2 Å². The van der Waals surface area contributed by atoms with Gasteiger partial charge in [0.1, 0.15) is 5.82 Å². The normalized spacial score (nSPS) is 25.9. The second-order valence-electron chi connectivity index (χ2n) is 7.68. The lowest BCUT2D eigenvalue weighted by Crippen LogP contribution is -2.55. The van der Waals surface area contributed by atoms with Gasteiger partial charge in [0, 0.05) is 45.5 Å². The molecular formula is C17H24ClF3N4O2S. The maximum absolute atomic E-state index is 13.0. The van der Waals surface area contributed by atoms with E-state index >= 15 is 0 Å². The predicted molar refractivity (Wildman–Crippen MR) is 101 cm³/mol. The van der Waals surface area contributed by atoms with E-state index in [1.165, 1.54) is 4.31 Å². The SMILES string of the molecule is C[C@@H]1C[C@H](C)CN(S(=O)(=O)N2CCN(c3ncc(C(F)(F)F)cc3Cl)CC2)C1. The van der Waals surface area contributed by atoms with Gasteiger partial charge in [0.15, 0.2) is 0 Å². The molecule has 2 aliphatic rings. The van der Waals surface area contributed by atoms with Crippen LogP contribution in [0.4, 0.5) is 19.0 Å². The molecule has 0 N–H and O–H groups in total. The van der Waals surface area contributed by atoms with Crippen LogP contribution in [0.1, 0.15) is 25.8 Å². The lowest BCUT2D eigenvalue weighted by atomic mass is 9.94. The van der Waals surface area contributed by atoms with E-state index in [9.17, 15) is 21.6 Å². The van der Waals surface area contributed by atoms with Crippen molar-refractivity contribution < 1.29 is 21.6 Å². The van der Waals surface area contributed by atoms with Gasteiger partial charge < -0.3 is 4.90 Å². The van der Waals surface area contributed by atoms with Crippen LogP contribution < -0.4 is 4.90 Å². The van der Waals surface area contributed by atoms with Crippen molar-refractivity contribution in [1.82, 2.24) is 13.6 Å². The lowest BCUT2D eigenvalue weighted by Gasteiger charge is -2.40. The average molecular weight is 441 g/mol. The van der Waals surface area contributed by atoms with Crippen molar-refractivity contribution in [2.45, 2.75) is 26.4 Å². The summed E-state index contributed by atoms with van der Waals surface area (Å²) >= 11 is 6.00. The Kier molecular flexibility index (Phi) is 6.15. The van der Waals surface area contributed by atoms with Crippen LogP contribution in [0.2, 0.25) is 5.02 Å². The first-order chi connectivity index (χ1) is 13.0. The fourth-order valence-electron chi connectivity index (χ4n) is 3.91. The van der Waals surface area contributed by atoms with Crippen molar-refractivity contribution in [2.24, 2.45) is 11.8 Å². The zero-order chi connectivity index (χ0) is 20.7. The van der Waals surface area contributed by atoms with Crippen LogP contribution in [0.25, 0.3) is 0 Å². The van der Waals surface area contributed by atoms with Gasteiger partial charge in [-0.1, -0.05) is 25.4 Å². The summed E-state index contributed by atoms with van der Waals surface area (Å²) in [4.78, 5) is 5.58. The molecule has 0 radical (unpaired) electrons. The number of nitrogens with zero attached hydrogens (tertiary/aromatic N) is 4. The Morgan fingerprint density at radius 1 is 1.07 bits per heavy atom. The van der Waals surface area contributed by atoms with Crippen molar-refractivity contribution >= 4 is 27.6 Å². The van der Waals surface area contributed by atoms with E-state index in [4.69, 9.17) is 11.6 Å². The van der Waals surface area contributed by atoms with Gasteiger partial charge in [0.2, 0.25) is 0 Å². The molecule has 0 saturated carbocycles. The fourth-order valence-corrected chi connectivity index (χ4v) is 6.03. The largest absolute Gasteiger partial charge is 0.417 e. The number of alkyl halides is 3. The van der Waals surface area contributed by atoms with E-state index in [0.717, 1.165) is 18.7 Å². The molecule has 1 aromatic rings. The summed E-state index contributed by atoms with van der Waals surface area (Å²) in [6, 6.07) is 0.851. The topological polar surface area (TPSA) is 56.8 Å². The molecule has 11 heteroatoms. The number of hydrogen-bond donors (Lipinski definition) is 0. The molecule has 0 aromatic carbocycles. The Labute approximate surface area is 168 Å². The highest BCUT2D eigenvalue weighted by Gasteiger charge is 2.37. The highest BCUT2D eigenvalue weighted by molar-refractivity contribution is 7.86. The summed E-state index contributed by atoms with van der Waals surface area (Å²) in [5.41, 5.74) is -0.907. The fraction of sp³-hybridized carbons (Fsp3) is 0.706. The van der Waals surface area contributed by atoms with E-state index in [2.05, 4.69) is 4.98 Å². The number of rotatable bonds is 3. The van der Waals surface area contributed by atoms with Crippen molar-refractivity contribution in [1.29, 1.82) is 0 Å². The second-order valence-corrected chi connectivity index (χ2v) is 10.0. The molecule has 0 aliphatic carbocycles. The second kappa shape index (κ2) is 7.97. The van der Waals surface area contributed by atoms with Crippen LogP contribution in [0, 0.1) is 11.8 Å². The third-order valence-electron chi connectivity index (χ3n) is 5.18. The minimum atomic E-state index is -4.51. The maximum Gasteiger partial charge on any atom is 0.417 e. The van der Waals surface area contributed by atoms with Crippen LogP contribution in [-0.4, -0.2) is 61.3 Å². The van der Waals surface area contributed by atoms with Crippen molar-refractivity contribution in [3.63, 3.8) is 0 Å². The number of pyridine rings is 1. The number of piperazine rings is 1. The minimum absolute atomic E-state index is 0.0928. The molecule has 6 nitrogen and oxygen atoms in total. The third-order valence-corrected chi connectivity index (χ3v) is 7.42. The average Bonchev–Trinajstić information content (AvgIpc) is 2.60. The monoisotopic (exact) mass is 440 g/mol. The number of hydrogen-bond acceptors (Lipinski definition) is 4. The van der Waals surface area contributed by atoms with Crippen LogP contribution in [0.3, 0.4) is 0 Å². The summed E-state index contributed by atoms with van der Waals surface area (Å²) in [5.74, 6) is 0.872. The quantitative estimate of drug-likeness (QED) is 0.724.